The molecule has 1 aromatic carbocycles. The molecule has 1 atom stereocenters. The van der Waals surface area contributed by atoms with E-state index in [1.54, 1.807) is 18.2 Å². The van der Waals surface area contributed by atoms with Gasteiger partial charge in [-0.1, -0.05) is 40.9 Å². The molecule has 0 radical (unpaired) electrons. The molecule has 1 heterocycles. The first-order chi connectivity index (χ1) is 8.99. The molecule has 2 aromatic rings. The molecule has 2 rings (SSSR count). The molecule has 7 heteroatoms. The zero-order chi connectivity index (χ0) is 14.0. The first-order valence-corrected chi connectivity index (χ1v) is 6.36. The van der Waals surface area contributed by atoms with Crippen LogP contribution < -0.4 is 5.73 Å². The van der Waals surface area contributed by atoms with Gasteiger partial charge in [0.2, 0.25) is 5.91 Å². The maximum atomic E-state index is 11.7. The number of primary amides is 1. The van der Waals surface area contributed by atoms with Crippen molar-refractivity contribution < 1.29 is 4.79 Å². The van der Waals surface area contributed by atoms with Crippen molar-refractivity contribution >= 4 is 40.7 Å². The van der Waals surface area contributed by atoms with Crippen molar-refractivity contribution in [2.45, 2.75) is 5.92 Å². The fourth-order valence-electron chi connectivity index (χ4n) is 1.67. The highest BCUT2D eigenvalue weighted by Crippen LogP contribution is 2.31. The molecule has 0 saturated heterocycles. The first kappa shape index (κ1) is 14.1. The number of hydrogen-bond donors (Lipinski definition) is 1. The third-order valence-electron chi connectivity index (χ3n) is 2.51. The Kier molecular flexibility index (Phi) is 4.24. The number of nitrogens with zero attached hydrogens (tertiary/aromatic N) is 2. The average molecular weight is 317 g/mol. The van der Waals surface area contributed by atoms with Crippen molar-refractivity contribution in [1.82, 2.24) is 10.2 Å². The van der Waals surface area contributed by atoms with Crippen LogP contribution in [0.4, 0.5) is 0 Å². The van der Waals surface area contributed by atoms with Crippen LogP contribution in [-0.4, -0.2) is 16.1 Å². The maximum absolute atomic E-state index is 11.7. The molecule has 0 aliphatic rings. The third kappa shape index (κ3) is 3.15. The van der Waals surface area contributed by atoms with Crippen LogP contribution in [0.5, 0.6) is 0 Å². The number of hydrogen-bond acceptors (Lipinski definition) is 3. The van der Waals surface area contributed by atoms with Gasteiger partial charge in [0.05, 0.1) is 5.69 Å². The lowest BCUT2D eigenvalue weighted by molar-refractivity contribution is -0.118. The Balaban J connectivity index is 2.51. The molecular formula is C12H8Cl3N3O. The van der Waals surface area contributed by atoms with Crippen LogP contribution >= 0.6 is 34.8 Å². The first-order valence-electron chi connectivity index (χ1n) is 5.22. The molecule has 0 bridgehead atoms. The van der Waals surface area contributed by atoms with E-state index < -0.39 is 11.8 Å². The summed E-state index contributed by atoms with van der Waals surface area (Å²) in [5.74, 6) is -1.38. The fourth-order valence-corrected chi connectivity index (χ4v) is 2.29. The van der Waals surface area contributed by atoms with Crippen LogP contribution in [0.3, 0.4) is 0 Å². The summed E-state index contributed by atoms with van der Waals surface area (Å²) in [6.07, 6.45) is 0. The van der Waals surface area contributed by atoms with Gasteiger partial charge in [-0.3, -0.25) is 4.79 Å². The normalized spacial score (nSPS) is 12.2. The second kappa shape index (κ2) is 5.74. The number of amides is 1. The number of benzene rings is 1. The monoisotopic (exact) mass is 315 g/mol. The van der Waals surface area contributed by atoms with E-state index in [4.69, 9.17) is 40.5 Å². The van der Waals surface area contributed by atoms with Gasteiger partial charge in [-0.2, -0.15) is 5.10 Å². The molecule has 19 heavy (non-hydrogen) atoms. The van der Waals surface area contributed by atoms with Crippen LogP contribution in [0.25, 0.3) is 0 Å². The summed E-state index contributed by atoms with van der Waals surface area (Å²) in [7, 11) is 0. The van der Waals surface area contributed by atoms with E-state index in [0.29, 0.717) is 21.3 Å². The molecule has 1 unspecified atom stereocenters. The summed E-state index contributed by atoms with van der Waals surface area (Å²) in [5.41, 5.74) is 6.31. The molecule has 4 nitrogen and oxygen atoms in total. The number of aromatic nitrogens is 2. The van der Waals surface area contributed by atoms with E-state index in [-0.39, 0.29) is 5.15 Å². The predicted octanol–water partition coefficient (Wildman–Crippen LogP) is 3.05. The van der Waals surface area contributed by atoms with Crippen LogP contribution in [0.2, 0.25) is 15.2 Å². The summed E-state index contributed by atoms with van der Waals surface area (Å²) in [4.78, 5) is 11.7. The lowest BCUT2D eigenvalue weighted by Gasteiger charge is -2.14. The molecule has 2 N–H and O–H groups in total. The topological polar surface area (TPSA) is 68.9 Å². The second-order valence-electron chi connectivity index (χ2n) is 3.78. The minimum absolute atomic E-state index is 0.231. The van der Waals surface area contributed by atoms with Gasteiger partial charge < -0.3 is 5.73 Å². The number of rotatable bonds is 3. The van der Waals surface area contributed by atoms with Crippen LogP contribution in [0.1, 0.15) is 17.2 Å². The largest absolute Gasteiger partial charge is 0.369 e. The van der Waals surface area contributed by atoms with Gasteiger partial charge in [-0.15, -0.1) is 5.10 Å². The molecule has 0 fully saturated rings. The summed E-state index contributed by atoms with van der Waals surface area (Å²) >= 11 is 17.6. The number of carbonyl (C=O) groups is 1. The van der Waals surface area contributed by atoms with E-state index in [2.05, 4.69) is 10.2 Å². The van der Waals surface area contributed by atoms with E-state index in [1.165, 1.54) is 12.1 Å². The van der Waals surface area contributed by atoms with Gasteiger partial charge in [-0.25, -0.2) is 0 Å². The Morgan fingerprint density at radius 1 is 1.11 bits per heavy atom. The molecule has 0 aliphatic heterocycles. The number of nitrogens with two attached hydrogens (primary N) is 1. The summed E-state index contributed by atoms with van der Waals surface area (Å²) in [6.45, 7) is 0. The average Bonchev–Trinajstić information content (AvgIpc) is 2.34. The Bertz CT molecular complexity index is 616. The Labute approximate surface area is 124 Å². The highest BCUT2D eigenvalue weighted by atomic mass is 35.5. The van der Waals surface area contributed by atoms with E-state index in [9.17, 15) is 4.79 Å². The standard InChI is InChI=1S/C12H8Cl3N3O/c13-6-1-2-7(8(14)5-6)11(12(16)19)9-3-4-10(15)18-17-9/h1-5,11H,(H2,16,19). The van der Waals surface area contributed by atoms with Gasteiger partial charge >= 0.3 is 0 Å². The Hall–Kier alpha value is -1.36. The quantitative estimate of drug-likeness (QED) is 0.946. The third-order valence-corrected chi connectivity index (χ3v) is 3.27. The lowest BCUT2D eigenvalue weighted by atomic mass is 9.95. The van der Waals surface area contributed by atoms with Crippen molar-refractivity contribution in [3.05, 3.63) is 56.8 Å². The minimum atomic E-state index is -0.797. The maximum Gasteiger partial charge on any atom is 0.231 e. The molecule has 98 valence electrons. The second-order valence-corrected chi connectivity index (χ2v) is 5.01. The number of carbonyl (C=O) groups excluding carboxylic acids is 1. The zero-order valence-electron chi connectivity index (χ0n) is 9.48. The van der Waals surface area contributed by atoms with Gasteiger partial charge in [0.25, 0.3) is 0 Å². The van der Waals surface area contributed by atoms with Crippen molar-refractivity contribution in [2.75, 3.05) is 0 Å². The predicted molar refractivity (Wildman–Crippen MR) is 74.5 cm³/mol. The van der Waals surface area contributed by atoms with Crippen molar-refractivity contribution in [2.24, 2.45) is 5.73 Å². The Morgan fingerprint density at radius 3 is 2.37 bits per heavy atom. The van der Waals surface area contributed by atoms with Gasteiger partial charge in [-0.05, 0) is 29.8 Å². The van der Waals surface area contributed by atoms with E-state index in [0.717, 1.165) is 0 Å². The van der Waals surface area contributed by atoms with Crippen LogP contribution in [0.15, 0.2) is 30.3 Å². The van der Waals surface area contributed by atoms with Gasteiger partial charge in [0, 0.05) is 10.0 Å². The van der Waals surface area contributed by atoms with Crippen LogP contribution in [0, 0.1) is 0 Å². The molecule has 1 amide bonds. The van der Waals surface area contributed by atoms with Crippen molar-refractivity contribution in [1.29, 1.82) is 0 Å². The SMILES string of the molecule is NC(=O)C(c1ccc(Cl)nn1)c1ccc(Cl)cc1Cl. The van der Waals surface area contributed by atoms with Crippen LogP contribution in [-0.2, 0) is 4.79 Å². The molecular weight excluding hydrogens is 309 g/mol. The Morgan fingerprint density at radius 2 is 1.84 bits per heavy atom. The van der Waals surface area contributed by atoms with Crippen molar-refractivity contribution in [3.63, 3.8) is 0 Å². The highest BCUT2D eigenvalue weighted by molar-refractivity contribution is 6.35. The molecule has 0 saturated carbocycles. The smallest absolute Gasteiger partial charge is 0.231 e. The summed E-state index contributed by atoms with van der Waals surface area (Å²) < 4.78 is 0. The fraction of sp³-hybridized carbons (Fsp3) is 0.0833. The minimum Gasteiger partial charge on any atom is -0.369 e. The van der Waals surface area contributed by atoms with E-state index >= 15 is 0 Å². The lowest BCUT2D eigenvalue weighted by Crippen LogP contribution is -2.23. The summed E-state index contributed by atoms with van der Waals surface area (Å²) in [5, 5.41) is 8.60. The molecule has 0 spiro atoms. The highest BCUT2D eigenvalue weighted by Gasteiger charge is 2.24. The molecule has 0 aliphatic carbocycles. The zero-order valence-corrected chi connectivity index (χ0v) is 11.7. The van der Waals surface area contributed by atoms with Gasteiger partial charge in [0.1, 0.15) is 5.92 Å². The van der Waals surface area contributed by atoms with Crippen molar-refractivity contribution in [3.8, 4) is 0 Å². The van der Waals surface area contributed by atoms with Gasteiger partial charge in [0.15, 0.2) is 5.15 Å². The summed E-state index contributed by atoms with van der Waals surface area (Å²) in [6, 6.07) is 7.91. The number of halogens is 3. The molecule has 1 aromatic heterocycles. The van der Waals surface area contributed by atoms with E-state index in [1.807, 2.05) is 0 Å².